The number of hydrogen-bond acceptors (Lipinski definition) is 3. The van der Waals surface area contributed by atoms with Crippen molar-refractivity contribution in [3.8, 4) is 0 Å². The Morgan fingerprint density at radius 1 is 1.12 bits per heavy atom. The molecule has 0 spiro atoms. The molecule has 0 radical (unpaired) electrons. The molecule has 3 nitrogen and oxygen atoms in total. The van der Waals surface area contributed by atoms with E-state index in [1.807, 2.05) is 32.0 Å². The molecule has 4 heteroatoms. The van der Waals surface area contributed by atoms with Crippen LogP contribution in [0.15, 0.2) is 48.5 Å². The second-order valence-electron chi connectivity index (χ2n) is 6.39. The standard InChI is InChI=1S/C21H27NO2S/c1-16(2)24-13-20-10-5-4-9-19(20)12-22-21(23)15-25-14-18-8-6-7-17(3)11-18/h4-11,16H,12-15H2,1-3H3,(H,22,23). The van der Waals surface area contributed by atoms with Gasteiger partial charge in [0.25, 0.3) is 0 Å². The second-order valence-corrected chi connectivity index (χ2v) is 7.37. The van der Waals surface area contributed by atoms with Crippen molar-refractivity contribution >= 4 is 17.7 Å². The molecule has 0 atom stereocenters. The maximum Gasteiger partial charge on any atom is 0.230 e. The van der Waals surface area contributed by atoms with Crippen LogP contribution < -0.4 is 5.32 Å². The quantitative estimate of drug-likeness (QED) is 0.719. The van der Waals surface area contributed by atoms with Crippen LogP contribution in [-0.4, -0.2) is 17.8 Å². The summed E-state index contributed by atoms with van der Waals surface area (Å²) in [6.07, 6.45) is 0.195. The lowest BCUT2D eigenvalue weighted by molar-refractivity contribution is -0.118. The second kappa shape index (κ2) is 10.3. The van der Waals surface area contributed by atoms with Gasteiger partial charge in [0, 0.05) is 12.3 Å². The number of hydrogen-bond donors (Lipinski definition) is 1. The van der Waals surface area contributed by atoms with Crippen LogP contribution in [0, 0.1) is 6.92 Å². The predicted molar refractivity (Wildman–Crippen MR) is 106 cm³/mol. The third-order valence-corrected chi connectivity index (χ3v) is 4.75. The number of aryl methyl sites for hydroxylation is 1. The molecule has 0 aromatic heterocycles. The van der Waals surface area contributed by atoms with Gasteiger partial charge < -0.3 is 10.1 Å². The Kier molecular flexibility index (Phi) is 8.02. The van der Waals surface area contributed by atoms with Crippen molar-refractivity contribution in [2.45, 2.75) is 45.8 Å². The van der Waals surface area contributed by atoms with Crippen molar-refractivity contribution in [1.82, 2.24) is 5.32 Å². The number of thioether (sulfide) groups is 1. The Labute approximate surface area is 155 Å². The van der Waals surface area contributed by atoms with E-state index in [9.17, 15) is 4.79 Å². The first-order valence-electron chi connectivity index (χ1n) is 8.63. The predicted octanol–water partition coefficient (Wildman–Crippen LogP) is 4.47. The minimum Gasteiger partial charge on any atom is -0.374 e. The van der Waals surface area contributed by atoms with E-state index in [-0.39, 0.29) is 12.0 Å². The number of carbonyl (C=O) groups excluding carboxylic acids is 1. The van der Waals surface area contributed by atoms with Gasteiger partial charge in [-0.05, 0) is 37.5 Å². The first-order valence-corrected chi connectivity index (χ1v) is 9.78. The molecule has 0 aliphatic heterocycles. The van der Waals surface area contributed by atoms with Crippen LogP contribution >= 0.6 is 11.8 Å². The fraction of sp³-hybridized carbons (Fsp3) is 0.381. The van der Waals surface area contributed by atoms with Crippen molar-refractivity contribution in [1.29, 1.82) is 0 Å². The zero-order chi connectivity index (χ0) is 18.1. The first-order chi connectivity index (χ1) is 12.0. The van der Waals surface area contributed by atoms with Crippen LogP contribution in [0.1, 0.15) is 36.1 Å². The van der Waals surface area contributed by atoms with Crippen molar-refractivity contribution < 1.29 is 9.53 Å². The normalized spacial score (nSPS) is 10.9. The summed E-state index contributed by atoms with van der Waals surface area (Å²) in [4.78, 5) is 12.1. The smallest absolute Gasteiger partial charge is 0.230 e. The number of ether oxygens (including phenoxy) is 1. The summed E-state index contributed by atoms with van der Waals surface area (Å²) in [6, 6.07) is 16.5. The van der Waals surface area contributed by atoms with Gasteiger partial charge in [0.2, 0.25) is 5.91 Å². The molecule has 2 rings (SSSR count). The van der Waals surface area contributed by atoms with Crippen molar-refractivity contribution in [3.63, 3.8) is 0 Å². The van der Waals surface area contributed by atoms with E-state index in [1.54, 1.807) is 11.8 Å². The molecule has 0 fully saturated rings. The van der Waals surface area contributed by atoms with Crippen molar-refractivity contribution in [3.05, 3.63) is 70.8 Å². The number of amides is 1. The summed E-state index contributed by atoms with van der Waals surface area (Å²) in [6.45, 7) is 7.25. The minimum absolute atomic E-state index is 0.0669. The van der Waals surface area contributed by atoms with Gasteiger partial charge >= 0.3 is 0 Å². The molecule has 1 N–H and O–H groups in total. The highest BCUT2D eigenvalue weighted by Gasteiger charge is 2.06. The fourth-order valence-corrected chi connectivity index (χ4v) is 3.24. The van der Waals surface area contributed by atoms with Gasteiger partial charge in [0.05, 0.1) is 18.5 Å². The molecule has 0 unspecified atom stereocenters. The van der Waals surface area contributed by atoms with Gasteiger partial charge in [0.15, 0.2) is 0 Å². The van der Waals surface area contributed by atoms with E-state index >= 15 is 0 Å². The van der Waals surface area contributed by atoms with Gasteiger partial charge in [-0.2, -0.15) is 0 Å². The van der Waals surface area contributed by atoms with Crippen LogP contribution in [0.5, 0.6) is 0 Å². The van der Waals surface area contributed by atoms with Crippen LogP contribution in [0.25, 0.3) is 0 Å². The van der Waals surface area contributed by atoms with E-state index in [1.165, 1.54) is 11.1 Å². The molecule has 0 aliphatic carbocycles. The van der Waals surface area contributed by atoms with Crippen molar-refractivity contribution in [2.75, 3.05) is 5.75 Å². The summed E-state index contributed by atoms with van der Waals surface area (Å²) in [7, 11) is 0. The Morgan fingerprint density at radius 3 is 2.60 bits per heavy atom. The summed E-state index contributed by atoms with van der Waals surface area (Å²) in [5, 5.41) is 3.01. The summed E-state index contributed by atoms with van der Waals surface area (Å²) < 4.78 is 5.68. The molecule has 1 amide bonds. The van der Waals surface area contributed by atoms with Crippen molar-refractivity contribution in [2.24, 2.45) is 0 Å². The lowest BCUT2D eigenvalue weighted by Gasteiger charge is -2.13. The summed E-state index contributed by atoms with van der Waals surface area (Å²) in [5.41, 5.74) is 4.75. The lowest BCUT2D eigenvalue weighted by atomic mass is 10.1. The highest BCUT2D eigenvalue weighted by Crippen LogP contribution is 2.14. The van der Waals surface area contributed by atoms with Crippen LogP contribution in [0.4, 0.5) is 0 Å². The molecule has 25 heavy (non-hydrogen) atoms. The van der Waals surface area contributed by atoms with Crippen LogP contribution in [-0.2, 0) is 28.4 Å². The summed E-state index contributed by atoms with van der Waals surface area (Å²) >= 11 is 1.64. The highest BCUT2D eigenvalue weighted by molar-refractivity contribution is 7.99. The third-order valence-electron chi connectivity index (χ3n) is 3.75. The minimum atomic E-state index is 0.0669. The largest absolute Gasteiger partial charge is 0.374 e. The fourth-order valence-electron chi connectivity index (χ4n) is 2.44. The SMILES string of the molecule is Cc1cccc(CSCC(=O)NCc2ccccc2COC(C)C)c1. The zero-order valence-electron chi connectivity index (χ0n) is 15.2. The van der Waals surface area contributed by atoms with E-state index in [4.69, 9.17) is 4.74 Å². The van der Waals surface area contributed by atoms with Crippen LogP contribution in [0.2, 0.25) is 0 Å². The average Bonchev–Trinajstić information content (AvgIpc) is 2.59. The van der Waals surface area contributed by atoms with E-state index in [2.05, 4.69) is 42.6 Å². The van der Waals surface area contributed by atoms with Gasteiger partial charge in [-0.25, -0.2) is 0 Å². The molecular formula is C21H27NO2S. The lowest BCUT2D eigenvalue weighted by Crippen LogP contribution is -2.25. The Hall–Kier alpha value is -1.78. The van der Waals surface area contributed by atoms with Gasteiger partial charge in [-0.3, -0.25) is 4.79 Å². The maximum absolute atomic E-state index is 12.1. The maximum atomic E-state index is 12.1. The molecule has 0 heterocycles. The topological polar surface area (TPSA) is 38.3 Å². The summed E-state index contributed by atoms with van der Waals surface area (Å²) in [5.74, 6) is 1.39. The van der Waals surface area contributed by atoms with E-state index < -0.39 is 0 Å². The molecule has 0 aliphatic rings. The Balaban J connectivity index is 1.76. The number of rotatable bonds is 9. The highest BCUT2D eigenvalue weighted by atomic mass is 32.2. The molecule has 0 saturated carbocycles. The molecule has 0 bridgehead atoms. The first kappa shape index (κ1) is 19.5. The number of carbonyl (C=O) groups is 1. The van der Waals surface area contributed by atoms with Gasteiger partial charge in [0.1, 0.15) is 0 Å². The number of benzene rings is 2. The molecule has 2 aromatic rings. The third kappa shape index (κ3) is 7.32. The van der Waals surface area contributed by atoms with Gasteiger partial charge in [-0.1, -0.05) is 54.1 Å². The van der Waals surface area contributed by atoms with Gasteiger partial charge in [-0.15, -0.1) is 11.8 Å². The Morgan fingerprint density at radius 2 is 1.88 bits per heavy atom. The van der Waals surface area contributed by atoms with E-state index in [0.717, 1.165) is 16.9 Å². The molecular weight excluding hydrogens is 330 g/mol. The van der Waals surface area contributed by atoms with E-state index in [0.29, 0.717) is 18.9 Å². The number of nitrogens with one attached hydrogen (secondary N) is 1. The monoisotopic (exact) mass is 357 g/mol. The Bertz CT molecular complexity index is 685. The van der Waals surface area contributed by atoms with Crippen LogP contribution in [0.3, 0.4) is 0 Å². The molecule has 2 aromatic carbocycles. The zero-order valence-corrected chi connectivity index (χ0v) is 16.1. The molecule has 0 saturated heterocycles. The molecule has 134 valence electrons. The average molecular weight is 358 g/mol.